The van der Waals surface area contributed by atoms with E-state index in [0.717, 1.165) is 5.56 Å². The third-order valence-corrected chi connectivity index (χ3v) is 3.48. The van der Waals surface area contributed by atoms with Crippen LogP contribution in [0.4, 0.5) is 20.7 Å². The van der Waals surface area contributed by atoms with Crippen molar-refractivity contribution in [1.29, 1.82) is 0 Å². The summed E-state index contributed by atoms with van der Waals surface area (Å²) in [4.78, 5) is 16.0. The van der Waals surface area contributed by atoms with Gasteiger partial charge in [-0.3, -0.25) is 5.32 Å². The molecule has 0 saturated heterocycles. The van der Waals surface area contributed by atoms with Crippen LogP contribution in [0.25, 0.3) is 11.3 Å². The summed E-state index contributed by atoms with van der Waals surface area (Å²) in [7, 11) is 0. The van der Waals surface area contributed by atoms with Gasteiger partial charge in [0.15, 0.2) is 5.76 Å². The number of amides is 1. The van der Waals surface area contributed by atoms with Gasteiger partial charge in [-0.25, -0.2) is 9.78 Å². The quantitative estimate of drug-likeness (QED) is 0.748. The monoisotopic (exact) mass is 342 g/mol. The van der Waals surface area contributed by atoms with E-state index in [1.54, 1.807) is 13.0 Å². The Morgan fingerprint density at radius 2 is 2.04 bits per heavy atom. The number of hydrogen-bond donors (Lipinski definition) is 2. The third kappa shape index (κ3) is 3.74. The molecule has 25 heavy (non-hydrogen) atoms. The summed E-state index contributed by atoms with van der Waals surface area (Å²) in [5.74, 6) is -0.639. The summed E-state index contributed by atoms with van der Waals surface area (Å²) in [6.07, 6.45) is 0.0483. The second kappa shape index (κ2) is 7.00. The van der Waals surface area contributed by atoms with E-state index in [1.807, 2.05) is 30.3 Å². The van der Waals surface area contributed by atoms with E-state index in [4.69, 9.17) is 15.0 Å². The van der Waals surface area contributed by atoms with Gasteiger partial charge in [0.1, 0.15) is 17.6 Å². The van der Waals surface area contributed by atoms with Gasteiger partial charge in [0, 0.05) is 11.8 Å². The average molecular weight is 342 g/mol. The van der Waals surface area contributed by atoms with Crippen molar-refractivity contribution >= 4 is 17.6 Å². The number of nitrogens with one attached hydrogen (secondary N) is 1. The molecule has 0 radical (unpaired) electrons. The highest BCUT2D eigenvalue weighted by Crippen LogP contribution is 2.30. The number of carbonyl (C=O) groups excluding carboxylic acids is 1. The predicted molar refractivity (Wildman–Crippen MR) is 89.1 cm³/mol. The molecule has 128 valence electrons. The SMILES string of the molecule is CC(OC(=O)Nc1c(F)noc1-c1ccc(N)nc1)c1ccccc1. The Morgan fingerprint density at radius 3 is 2.72 bits per heavy atom. The minimum Gasteiger partial charge on any atom is -0.441 e. The molecule has 1 unspecified atom stereocenters. The van der Waals surface area contributed by atoms with Gasteiger partial charge in [-0.15, -0.1) is 0 Å². The van der Waals surface area contributed by atoms with Crippen LogP contribution in [-0.4, -0.2) is 16.2 Å². The van der Waals surface area contributed by atoms with Crippen molar-refractivity contribution in [2.75, 3.05) is 11.1 Å². The number of nitrogen functional groups attached to an aromatic ring is 1. The van der Waals surface area contributed by atoms with Gasteiger partial charge >= 0.3 is 6.09 Å². The lowest BCUT2D eigenvalue weighted by Crippen LogP contribution is -2.16. The maximum atomic E-state index is 13.9. The van der Waals surface area contributed by atoms with E-state index in [1.165, 1.54) is 12.3 Å². The van der Waals surface area contributed by atoms with Gasteiger partial charge in [-0.1, -0.05) is 30.3 Å². The highest BCUT2D eigenvalue weighted by Gasteiger charge is 2.22. The van der Waals surface area contributed by atoms with Crippen molar-refractivity contribution in [2.45, 2.75) is 13.0 Å². The maximum Gasteiger partial charge on any atom is 0.412 e. The first-order valence-electron chi connectivity index (χ1n) is 7.44. The molecule has 3 rings (SSSR count). The van der Waals surface area contributed by atoms with Gasteiger partial charge in [-0.2, -0.15) is 4.39 Å². The molecule has 0 saturated carbocycles. The molecule has 7 nitrogen and oxygen atoms in total. The molecular weight excluding hydrogens is 327 g/mol. The summed E-state index contributed by atoms with van der Waals surface area (Å²) >= 11 is 0. The molecule has 2 aromatic heterocycles. The Hall–Kier alpha value is -3.42. The predicted octanol–water partition coefficient (Wildman–Crippen LogP) is 3.77. The molecule has 8 heteroatoms. The fraction of sp³-hybridized carbons (Fsp3) is 0.118. The van der Waals surface area contributed by atoms with Gasteiger partial charge in [0.25, 0.3) is 5.95 Å². The summed E-state index contributed by atoms with van der Waals surface area (Å²) in [5.41, 5.74) is 6.52. The fourth-order valence-corrected chi connectivity index (χ4v) is 2.20. The first-order valence-corrected chi connectivity index (χ1v) is 7.44. The van der Waals surface area contributed by atoms with Crippen LogP contribution in [0.1, 0.15) is 18.6 Å². The lowest BCUT2D eigenvalue weighted by molar-refractivity contribution is 0.121. The van der Waals surface area contributed by atoms with Crippen LogP contribution in [0.15, 0.2) is 53.2 Å². The van der Waals surface area contributed by atoms with Crippen molar-refractivity contribution < 1.29 is 18.4 Å². The average Bonchev–Trinajstić information content (AvgIpc) is 2.97. The normalized spacial score (nSPS) is 11.8. The standard InChI is InChI=1S/C17H15FN4O3/c1-10(11-5-3-2-4-6-11)24-17(23)21-14-15(25-22-16(14)18)12-7-8-13(19)20-9-12/h2-10H,1H3,(H2,19,20)(H,21,23). The third-order valence-electron chi connectivity index (χ3n) is 3.48. The number of anilines is 2. The summed E-state index contributed by atoms with van der Waals surface area (Å²) in [5, 5.41) is 5.56. The van der Waals surface area contributed by atoms with E-state index < -0.39 is 18.1 Å². The molecule has 1 aromatic carbocycles. The molecule has 0 bridgehead atoms. The van der Waals surface area contributed by atoms with Gasteiger partial charge in [-0.05, 0) is 29.8 Å². The Balaban J connectivity index is 1.75. The molecule has 3 N–H and O–H groups in total. The van der Waals surface area contributed by atoms with Crippen molar-refractivity contribution in [3.8, 4) is 11.3 Å². The van der Waals surface area contributed by atoms with Crippen LogP contribution in [0.2, 0.25) is 0 Å². The van der Waals surface area contributed by atoms with Crippen LogP contribution in [-0.2, 0) is 4.74 Å². The Morgan fingerprint density at radius 1 is 1.28 bits per heavy atom. The zero-order valence-corrected chi connectivity index (χ0v) is 13.3. The summed E-state index contributed by atoms with van der Waals surface area (Å²) < 4.78 is 24.1. The largest absolute Gasteiger partial charge is 0.441 e. The number of benzene rings is 1. The number of aromatic nitrogens is 2. The summed E-state index contributed by atoms with van der Waals surface area (Å²) in [6.45, 7) is 1.71. The van der Waals surface area contributed by atoms with Gasteiger partial charge in [0.05, 0.1) is 0 Å². The minimum absolute atomic E-state index is 0.0225. The van der Waals surface area contributed by atoms with Crippen LogP contribution >= 0.6 is 0 Å². The van der Waals surface area contributed by atoms with E-state index in [-0.39, 0.29) is 11.4 Å². The zero-order chi connectivity index (χ0) is 17.8. The lowest BCUT2D eigenvalue weighted by Gasteiger charge is -2.13. The minimum atomic E-state index is -0.962. The molecular formula is C17H15FN4O3. The van der Waals surface area contributed by atoms with Crippen molar-refractivity contribution in [2.24, 2.45) is 0 Å². The molecule has 1 atom stereocenters. The number of nitrogens with zero attached hydrogens (tertiary/aromatic N) is 2. The van der Waals surface area contributed by atoms with Crippen LogP contribution in [0, 0.1) is 5.95 Å². The van der Waals surface area contributed by atoms with E-state index in [0.29, 0.717) is 11.4 Å². The lowest BCUT2D eigenvalue weighted by atomic mass is 10.1. The number of nitrogens with two attached hydrogens (primary N) is 1. The first-order chi connectivity index (χ1) is 12.0. The number of halogens is 1. The van der Waals surface area contributed by atoms with Crippen LogP contribution in [0.5, 0.6) is 0 Å². The van der Waals surface area contributed by atoms with Crippen molar-refractivity contribution in [3.05, 3.63) is 60.2 Å². The maximum absolute atomic E-state index is 13.9. The molecule has 1 amide bonds. The smallest absolute Gasteiger partial charge is 0.412 e. The molecule has 0 fully saturated rings. The second-order valence-corrected chi connectivity index (χ2v) is 5.23. The molecule has 0 aliphatic rings. The number of rotatable bonds is 4. The van der Waals surface area contributed by atoms with E-state index in [2.05, 4.69) is 15.5 Å². The molecule has 2 heterocycles. The van der Waals surface area contributed by atoms with Gasteiger partial charge in [0.2, 0.25) is 0 Å². The molecule has 0 aliphatic heterocycles. The van der Waals surface area contributed by atoms with Crippen molar-refractivity contribution in [1.82, 2.24) is 10.1 Å². The molecule has 0 spiro atoms. The van der Waals surface area contributed by atoms with Gasteiger partial charge < -0.3 is 15.0 Å². The molecule has 0 aliphatic carbocycles. The van der Waals surface area contributed by atoms with Crippen LogP contribution < -0.4 is 11.1 Å². The number of ether oxygens (including phenoxy) is 1. The highest BCUT2D eigenvalue weighted by atomic mass is 19.1. The fourth-order valence-electron chi connectivity index (χ4n) is 2.20. The Bertz CT molecular complexity index is 865. The number of carbonyl (C=O) groups is 1. The number of hydrogen-bond acceptors (Lipinski definition) is 6. The van der Waals surface area contributed by atoms with E-state index >= 15 is 0 Å². The second-order valence-electron chi connectivity index (χ2n) is 5.23. The first kappa shape index (κ1) is 16.4. The van der Waals surface area contributed by atoms with Crippen LogP contribution in [0.3, 0.4) is 0 Å². The Kier molecular flexibility index (Phi) is 4.60. The van der Waals surface area contributed by atoms with E-state index in [9.17, 15) is 9.18 Å². The highest BCUT2D eigenvalue weighted by molar-refractivity contribution is 5.89. The molecule has 3 aromatic rings. The van der Waals surface area contributed by atoms with Crippen molar-refractivity contribution in [3.63, 3.8) is 0 Å². The summed E-state index contributed by atoms with van der Waals surface area (Å²) in [6, 6.07) is 12.3. The topological polar surface area (TPSA) is 103 Å². The Labute approximate surface area is 142 Å². The number of pyridine rings is 1. The zero-order valence-electron chi connectivity index (χ0n) is 13.3.